The Hall–Kier alpha value is -9.56. The molecule has 0 heterocycles. The van der Waals surface area contributed by atoms with E-state index in [1.165, 1.54) is 105 Å². The number of hydrogen-bond donors (Lipinski definition) is 0. The van der Waals surface area contributed by atoms with Crippen molar-refractivity contribution < 1.29 is 0 Å². The smallest absolute Gasteiger partial charge is 0.0726 e. The van der Waals surface area contributed by atoms with Crippen molar-refractivity contribution in [3.05, 3.63) is 307 Å². The average molecular weight is 938 g/mol. The van der Waals surface area contributed by atoms with Gasteiger partial charge in [-0.15, -0.1) is 0 Å². The summed E-state index contributed by atoms with van der Waals surface area (Å²) in [7, 11) is 0. The molecular formula is C73H47N. The molecular weight excluding hydrogens is 891 g/mol. The lowest BCUT2D eigenvalue weighted by Gasteiger charge is -2.34. The van der Waals surface area contributed by atoms with Gasteiger partial charge in [-0.2, -0.15) is 0 Å². The van der Waals surface area contributed by atoms with E-state index in [-0.39, 0.29) is 0 Å². The van der Waals surface area contributed by atoms with Gasteiger partial charge in [-0.3, -0.25) is 0 Å². The van der Waals surface area contributed by atoms with Gasteiger partial charge >= 0.3 is 0 Å². The van der Waals surface area contributed by atoms with Gasteiger partial charge in [0.2, 0.25) is 0 Å². The maximum absolute atomic E-state index is 2.60. The highest BCUT2D eigenvalue weighted by atomic mass is 15.1. The molecule has 0 fully saturated rings. The summed E-state index contributed by atoms with van der Waals surface area (Å²) >= 11 is 0. The maximum Gasteiger partial charge on any atom is 0.0726 e. The van der Waals surface area contributed by atoms with Gasteiger partial charge in [0.15, 0.2) is 0 Å². The molecule has 2 aliphatic carbocycles. The minimum absolute atomic E-state index is 0.561. The highest BCUT2D eigenvalue weighted by Gasteiger charge is 2.52. The molecule has 74 heavy (non-hydrogen) atoms. The largest absolute Gasteiger partial charge is 0.309 e. The molecule has 1 nitrogen and oxygen atoms in total. The topological polar surface area (TPSA) is 3.24 Å². The van der Waals surface area contributed by atoms with Crippen LogP contribution in [0.15, 0.2) is 285 Å². The predicted octanol–water partition coefficient (Wildman–Crippen LogP) is 19.6. The lowest BCUT2D eigenvalue weighted by molar-refractivity contribution is 0.794. The number of benzene rings is 13. The summed E-state index contributed by atoms with van der Waals surface area (Å²) < 4.78 is 0. The predicted molar refractivity (Wildman–Crippen MR) is 312 cm³/mol. The number of hydrogen-bond acceptors (Lipinski definition) is 1. The second-order valence-corrected chi connectivity index (χ2v) is 19.8. The highest BCUT2D eigenvalue weighted by molar-refractivity contribution is 6.26. The van der Waals surface area contributed by atoms with Crippen LogP contribution < -0.4 is 4.90 Å². The summed E-state index contributed by atoms with van der Waals surface area (Å²) in [5.41, 5.74) is 22.4. The van der Waals surface area contributed by atoms with E-state index in [1.54, 1.807) is 0 Å². The third kappa shape index (κ3) is 6.23. The number of nitrogens with zero attached hydrogens (tertiary/aromatic N) is 1. The van der Waals surface area contributed by atoms with Crippen molar-refractivity contribution in [2.75, 3.05) is 4.90 Å². The van der Waals surface area contributed by atoms with E-state index in [0.29, 0.717) is 0 Å². The summed E-state index contributed by atoms with van der Waals surface area (Å²) in [6.45, 7) is 0. The molecule has 0 aliphatic heterocycles. The zero-order valence-electron chi connectivity index (χ0n) is 40.6. The van der Waals surface area contributed by atoms with Gasteiger partial charge in [-0.25, -0.2) is 0 Å². The van der Waals surface area contributed by atoms with Crippen LogP contribution in [0, 0.1) is 0 Å². The van der Waals surface area contributed by atoms with E-state index in [4.69, 9.17) is 0 Å². The van der Waals surface area contributed by atoms with Crippen LogP contribution in [0.25, 0.3) is 99.1 Å². The van der Waals surface area contributed by atoms with Gasteiger partial charge < -0.3 is 4.90 Å². The Morgan fingerprint density at radius 3 is 1.20 bits per heavy atom. The molecule has 2 aliphatic rings. The fourth-order valence-electron chi connectivity index (χ4n) is 12.9. The van der Waals surface area contributed by atoms with Gasteiger partial charge in [0.1, 0.15) is 0 Å². The zero-order chi connectivity index (χ0) is 48.7. The second-order valence-electron chi connectivity index (χ2n) is 19.8. The molecule has 0 bridgehead atoms. The Bertz CT molecular complexity index is 4280. The lowest BCUT2D eigenvalue weighted by Crippen LogP contribution is -2.26. The SMILES string of the molecule is c1ccc(-c2ccc(N(c3ccc4c5ccccc5c5ccccc5c4c3)c3cc4c(cc3-c3ccccc3-c3ccccc3)-c3ccccc3C43c4ccccc4-c4ccccc43)c(-c3ccccc3)c2)cc1. The van der Waals surface area contributed by atoms with Gasteiger partial charge in [-0.05, 0) is 147 Å². The number of fused-ring (bicyclic) bond motifs is 16. The lowest BCUT2D eigenvalue weighted by atomic mass is 9.70. The Morgan fingerprint density at radius 1 is 0.203 bits per heavy atom. The third-order valence-electron chi connectivity index (χ3n) is 16.1. The summed E-state index contributed by atoms with van der Waals surface area (Å²) in [5, 5.41) is 7.47. The fraction of sp³-hybridized carbons (Fsp3) is 0.0137. The molecule has 0 amide bonds. The molecule has 0 N–H and O–H groups in total. The van der Waals surface area contributed by atoms with E-state index in [9.17, 15) is 0 Å². The molecule has 13 aromatic carbocycles. The zero-order valence-corrected chi connectivity index (χ0v) is 40.6. The molecule has 13 aromatic rings. The third-order valence-corrected chi connectivity index (χ3v) is 16.1. The van der Waals surface area contributed by atoms with Crippen LogP contribution in [0.1, 0.15) is 22.3 Å². The van der Waals surface area contributed by atoms with Crippen molar-refractivity contribution in [1.82, 2.24) is 0 Å². The summed E-state index contributed by atoms with van der Waals surface area (Å²) in [4.78, 5) is 2.60. The summed E-state index contributed by atoms with van der Waals surface area (Å²) in [5.74, 6) is 0. The first-order valence-electron chi connectivity index (χ1n) is 25.7. The van der Waals surface area contributed by atoms with Crippen molar-refractivity contribution in [3.8, 4) is 66.8 Å². The summed E-state index contributed by atoms with van der Waals surface area (Å²) in [6.07, 6.45) is 0. The standard InChI is InChI=1S/C73H47N/c1-4-22-48(23-5-1)51-40-43-71(63(44-51)50-26-8-3-9-27-50)74(52-41-42-59-57-32-13-12-30-55(57)56-31-14-15-33-58(56)64(59)45-52)72-47-70-65(46-66(72)54-29-11-10-28-53(54)49-24-6-2-7-25-49)62-36-18-21-39-69(62)73(70)67-37-19-16-34-60(67)61-35-17-20-38-68(61)73/h1-47H. The molecule has 344 valence electrons. The maximum atomic E-state index is 2.60. The summed E-state index contributed by atoms with van der Waals surface area (Å²) in [6, 6.07) is 106. The van der Waals surface area contributed by atoms with Crippen LogP contribution in [-0.4, -0.2) is 0 Å². The van der Waals surface area contributed by atoms with Crippen molar-refractivity contribution in [3.63, 3.8) is 0 Å². The quantitative estimate of drug-likeness (QED) is 0.144. The van der Waals surface area contributed by atoms with E-state index in [1.807, 2.05) is 0 Å². The fourth-order valence-corrected chi connectivity index (χ4v) is 12.9. The van der Waals surface area contributed by atoms with Gasteiger partial charge in [0, 0.05) is 16.8 Å². The van der Waals surface area contributed by atoms with Gasteiger partial charge in [-0.1, -0.05) is 249 Å². The Kier molecular flexibility index (Phi) is 9.55. The van der Waals surface area contributed by atoms with E-state index in [2.05, 4.69) is 290 Å². The Morgan fingerprint density at radius 2 is 0.635 bits per heavy atom. The molecule has 0 radical (unpaired) electrons. The van der Waals surface area contributed by atoms with Gasteiger partial charge in [0.05, 0.1) is 16.8 Å². The van der Waals surface area contributed by atoms with Crippen LogP contribution in [0.5, 0.6) is 0 Å². The van der Waals surface area contributed by atoms with Crippen molar-refractivity contribution in [1.29, 1.82) is 0 Å². The number of anilines is 3. The molecule has 0 saturated heterocycles. The highest BCUT2D eigenvalue weighted by Crippen LogP contribution is 2.64. The number of rotatable bonds is 7. The molecule has 1 heteroatoms. The Balaban J connectivity index is 1.12. The first kappa shape index (κ1) is 42.2. The van der Waals surface area contributed by atoms with E-state index < -0.39 is 5.41 Å². The minimum atomic E-state index is -0.561. The van der Waals surface area contributed by atoms with Gasteiger partial charge in [0.25, 0.3) is 0 Å². The van der Waals surface area contributed by atoms with E-state index in [0.717, 1.165) is 33.8 Å². The molecule has 0 atom stereocenters. The Labute approximate surface area is 431 Å². The van der Waals surface area contributed by atoms with Crippen LogP contribution in [0.4, 0.5) is 17.1 Å². The molecule has 0 aromatic heterocycles. The van der Waals surface area contributed by atoms with Crippen molar-refractivity contribution in [2.45, 2.75) is 5.41 Å². The van der Waals surface area contributed by atoms with Crippen LogP contribution >= 0.6 is 0 Å². The minimum Gasteiger partial charge on any atom is -0.309 e. The van der Waals surface area contributed by atoms with Crippen LogP contribution in [0.2, 0.25) is 0 Å². The molecule has 0 unspecified atom stereocenters. The average Bonchev–Trinajstić information content (AvgIpc) is 3.95. The second kappa shape index (κ2) is 16.8. The monoisotopic (exact) mass is 937 g/mol. The van der Waals surface area contributed by atoms with Crippen LogP contribution in [0.3, 0.4) is 0 Å². The van der Waals surface area contributed by atoms with E-state index >= 15 is 0 Å². The van der Waals surface area contributed by atoms with Crippen molar-refractivity contribution in [2.24, 2.45) is 0 Å². The normalized spacial score (nSPS) is 12.7. The molecule has 15 rings (SSSR count). The van der Waals surface area contributed by atoms with Crippen LogP contribution in [-0.2, 0) is 5.41 Å². The first-order chi connectivity index (χ1) is 36.7. The first-order valence-corrected chi connectivity index (χ1v) is 25.7. The molecule has 0 saturated carbocycles. The molecule has 1 spiro atoms. The van der Waals surface area contributed by atoms with Crippen molar-refractivity contribution >= 4 is 49.4 Å².